The van der Waals surface area contributed by atoms with Gasteiger partial charge in [-0.2, -0.15) is 0 Å². The molecule has 5 nitrogen and oxygen atoms in total. The van der Waals surface area contributed by atoms with Crippen molar-refractivity contribution in [2.24, 2.45) is 0 Å². The van der Waals surface area contributed by atoms with E-state index in [1.54, 1.807) is 12.1 Å². The number of piperazine rings is 1. The zero-order valence-corrected chi connectivity index (χ0v) is 11.9. The van der Waals surface area contributed by atoms with Crippen LogP contribution in [0.15, 0.2) is 24.3 Å². The van der Waals surface area contributed by atoms with Crippen LogP contribution in [0.4, 0.5) is 5.69 Å². The van der Waals surface area contributed by atoms with Gasteiger partial charge in [0.2, 0.25) is 0 Å². The number of hydrogen-bond donors (Lipinski definition) is 1. The van der Waals surface area contributed by atoms with Crippen LogP contribution in [-0.4, -0.2) is 55.8 Å². The molecule has 110 valence electrons. The lowest BCUT2D eigenvalue weighted by atomic mass is 10.2. The molecule has 0 aromatic heterocycles. The summed E-state index contributed by atoms with van der Waals surface area (Å²) in [4.78, 5) is 15.7. The summed E-state index contributed by atoms with van der Waals surface area (Å²) in [5.74, 6) is 0.169. The fraction of sp³-hybridized carbons (Fsp3) is 0.533. The molecular formula is C15H22N2O3. The van der Waals surface area contributed by atoms with Crippen molar-refractivity contribution in [3.8, 4) is 5.75 Å². The van der Waals surface area contributed by atoms with E-state index in [1.165, 1.54) is 7.11 Å². The maximum absolute atomic E-state index is 11.0. The highest BCUT2D eigenvalue weighted by molar-refractivity contribution is 5.69. The van der Waals surface area contributed by atoms with E-state index in [9.17, 15) is 9.90 Å². The molecular weight excluding hydrogens is 256 g/mol. The first-order chi connectivity index (χ1) is 9.69. The van der Waals surface area contributed by atoms with Crippen LogP contribution in [0.25, 0.3) is 0 Å². The van der Waals surface area contributed by atoms with Crippen molar-refractivity contribution >= 4 is 11.7 Å². The Kier molecular flexibility index (Phi) is 5.24. The minimum absolute atomic E-state index is 0.132. The first-order valence-corrected chi connectivity index (χ1v) is 7.02. The molecule has 1 heterocycles. The van der Waals surface area contributed by atoms with Crippen molar-refractivity contribution in [1.29, 1.82) is 0 Å². The number of phenolic OH excluding ortho intramolecular Hbond substituents is 1. The van der Waals surface area contributed by atoms with Crippen molar-refractivity contribution in [1.82, 2.24) is 4.90 Å². The van der Waals surface area contributed by atoms with Gasteiger partial charge in [0.25, 0.3) is 0 Å². The number of phenols is 1. The molecule has 0 atom stereocenters. The van der Waals surface area contributed by atoms with E-state index in [4.69, 9.17) is 0 Å². The molecule has 20 heavy (non-hydrogen) atoms. The molecule has 0 amide bonds. The molecule has 1 saturated heterocycles. The summed E-state index contributed by atoms with van der Waals surface area (Å²) in [6.45, 7) is 4.90. The van der Waals surface area contributed by atoms with E-state index in [-0.39, 0.29) is 5.97 Å². The van der Waals surface area contributed by atoms with Crippen LogP contribution >= 0.6 is 0 Å². The monoisotopic (exact) mass is 278 g/mol. The topological polar surface area (TPSA) is 53.0 Å². The lowest BCUT2D eigenvalue weighted by Gasteiger charge is -2.36. The number of hydrogen-bond acceptors (Lipinski definition) is 5. The smallest absolute Gasteiger partial charge is 0.305 e. The Morgan fingerprint density at radius 3 is 2.45 bits per heavy atom. The fourth-order valence-electron chi connectivity index (χ4n) is 2.44. The van der Waals surface area contributed by atoms with Crippen molar-refractivity contribution in [2.75, 3.05) is 44.7 Å². The number of esters is 1. The number of carbonyl (C=O) groups is 1. The van der Waals surface area contributed by atoms with Gasteiger partial charge in [-0.3, -0.25) is 9.69 Å². The molecule has 0 spiro atoms. The normalized spacial score (nSPS) is 16.1. The van der Waals surface area contributed by atoms with Gasteiger partial charge in [-0.05, 0) is 37.2 Å². The zero-order chi connectivity index (χ0) is 14.4. The maximum Gasteiger partial charge on any atom is 0.305 e. The molecule has 1 fully saturated rings. The van der Waals surface area contributed by atoms with Crippen LogP contribution in [0.3, 0.4) is 0 Å². The molecule has 1 aliphatic rings. The molecule has 5 heteroatoms. The highest BCUT2D eigenvalue weighted by atomic mass is 16.5. The average molecular weight is 278 g/mol. The predicted molar refractivity (Wildman–Crippen MR) is 78.0 cm³/mol. The Balaban J connectivity index is 1.72. The number of benzene rings is 1. The fourth-order valence-corrected chi connectivity index (χ4v) is 2.44. The van der Waals surface area contributed by atoms with Crippen LogP contribution in [-0.2, 0) is 9.53 Å². The summed E-state index contributed by atoms with van der Waals surface area (Å²) in [5, 5.41) is 9.29. The number of methoxy groups -OCH3 is 1. The van der Waals surface area contributed by atoms with Gasteiger partial charge in [-0.1, -0.05) is 0 Å². The largest absolute Gasteiger partial charge is 0.508 e. The van der Waals surface area contributed by atoms with Crippen LogP contribution in [0.1, 0.15) is 12.8 Å². The van der Waals surface area contributed by atoms with E-state index >= 15 is 0 Å². The van der Waals surface area contributed by atoms with E-state index < -0.39 is 0 Å². The lowest BCUT2D eigenvalue weighted by Crippen LogP contribution is -2.46. The summed E-state index contributed by atoms with van der Waals surface area (Å²) < 4.78 is 4.64. The van der Waals surface area contributed by atoms with E-state index in [1.807, 2.05) is 12.1 Å². The second-order valence-corrected chi connectivity index (χ2v) is 5.02. The number of nitrogens with zero attached hydrogens (tertiary/aromatic N) is 2. The highest BCUT2D eigenvalue weighted by Gasteiger charge is 2.17. The standard InChI is InChI=1S/C15H22N2O3/c1-20-15(19)3-2-8-16-9-11-17(12-10-16)13-4-6-14(18)7-5-13/h4-7,18H,2-3,8-12H2,1H3. The van der Waals surface area contributed by atoms with Crippen LogP contribution in [0.2, 0.25) is 0 Å². The van der Waals surface area contributed by atoms with Gasteiger partial charge < -0.3 is 14.7 Å². The molecule has 1 aliphatic heterocycles. The van der Waals surface area contributed by atoms with Gasteiger partial charge in [-0.25, -0.2) is 0 Å². The first-order valence-electron chi connectivity index (χ1n) is 7.02. The van der Waals surface area contributed by atoms with Crippen LogP contribution < -0.4 is 4.90 Å². The van der Waals surface area contributed by atoms with Gasteiger partial charge in [0.15, 0.2) is 0 Å². The van der Waals surface area contributed by atoms with Gasteiger partial charge in [0, 0.05) is 38.3 Å². The minimum atomic E-state index is -0.132. The third kappa shape index (κ3) is 4.13. The van der Waals surface area contributed by atoms with Crippen molar-refractivity contribution < 1.29 is 14.6 Å². The third-order valence-corrected chi connectivity index (χ3v) is 3.67. The van der Waals surface area contributed by atoms with Crippen molar-refractivity contribution in [3.05, 3.63) is 24.3 Å². The Morgan fingerprint density at radius 1 is 1.20 bits per heavy atom. The van der Waals surface area contributed by atoms with Crippen molar-refractivity contribution in [2.45, 2.75) is 12.8 Å². The molecule has 0 saturated carbocycles. The molecule has 1 aromatic carbocycles. The minimum Gasteiger partial charge on any atom is -0.508 e. The molecule has 0 unspecified atom stereocenters. The molecule has 0 bridgehead atoms. The third-order valence-electron chi connectivity index (χ3n) is 3.67. The summed E-state index contributed by atoms with van der Waals surface area (Å²) in [5.41, 5.74) is 1.15. The van der Waals surface area contributed by atoms with Gasteiger partial charge in [0.1, 0.15) is 5.75 Å². The zero-order valence-electron chi connectivity index (χ0n) is 11.9. The summed E-state index contributed by atoms with van der Waals surface area (Å²) in [6.07, 6.45) is 1.35. The Hall–Kier alpha value is -1.75. The second kappa shape index (κ2) is 7.14. The Labute approximate surface area is 119 Å². The van der Waals surface area contributed by atoms with Gasteiger partial charge in [-0.15, -0.1) is 0 Å². The summed E-state index contributed by atoms with van der Waals surface area (Å²) in [7, 11) is 1.43. The second-order valence-electron chi connectivity index (χ2n) is 5.02. The molecule has 1 N–H and O–H groups in total. The molecule has 2 rings (SSSR count). The molecule has 1 aromatic rings. The average Bonchev–Trinajstić information content (AvgIpc) is 2.48. The van der Waals surface area contributed by atoms with E-state index in [2.05, 4.69) is 14.5 Å². The maximum atomic E-state index is 11.0. The van der Waals surface area contributed by atoms with Crippen LogP contribution in [0, 0.1) is 0 Å². The lowest BCUT2D eigenvalue weighted by molar-refractivity contribution is -0.140. The van der Waals surface area contributed by atoms with Crippen LogP contribution in [0.5, 0.6) is 5.75 Å². The van der Waals surface area contributed by atoms with E-state index in [0.29, 0.717) is 12.2 Å². The molecule has 0 aliphatic carbocycles. The molecule has 0 radical (unpaired) electrons. The number of carbonyl (C=O) groups excluding carboxylic acids is 1. The predicted octanol–water partition coefficient (Wildman–Crippen LogP) is 1.47. The number of rotatable bonds is 5. The summed E-state index contributed by atoms with van der Waals surface area (Å²) >= 11 is 0. The summed E-state index contributed by atoms with van der Waals surface area (Å²) in [6, 6.07) is 7.33. The number of anilines is 1. The van der Waals surface area contributed by atoms with Gasteiger partial charge in [0.05, 0.1) is 7.11 Å². The van der Waals surface area contributed by atoms with Crippen molar-refractivity contribution in [3.63, 3.8) is 0 Å². The van der Waals surface area contributed by atoms with Gasteiger partial charge >= 0.3 is 5.97 Å². The number of ether oxygens (including phenoxy) is 1. The highest BCUT2D eigenvalue weighted by Crippen LogP contribution is 2.19. The first kappa shape index (κ1) is 14.7. The van der Waals surface area contributed by atoms with E-state index in [0.717, 1.165) is 44.8 Å². The Morgan fingerprint density at radius 2 is 1.85 bits per heavy atom. The SMILES string of the molecule is COC(=O)CCCN1CCN(c2ccc(O)cc2)CC1. The quantitative estimate of drug-likeness (QED) is 0.827. The Bertz CT molecular complexity index is 425. The number of aromatic hydroxyl groups is 1.